The van der Waals surface area contributed by atoms with E-state index in [1.165, 1.54) is 23.4 Å². The molecule has 4 rings (SSSR count). The SMILES string of the molecule is O=C(COc1ccc(F)cc1F)N1CCOC(c2nccnc2-c2ccccc2F)C1. The van der Waals surface area contributed by atoms with E-state index in [0.29, 0.717) is 24.0 Å². The second kappa shape index (κ2) is 9.13. The minimum atomic E-state index is -0.887. The quantitative estimate of drug-likeness (QED) is 0.621. The molecule has 31 heavy (non-hydrogen) atoms. The standard InChI is InChI=1S/C22H18F3N3O3/c23-14-5-6-18(17(25)11-14)31-13-20(29)28-9-10-30-19(12-28)22-21(26-7-8-27-22)15-3-1-2-4-16(15)24/h1-8,11,19H,9-10,12-13H2. The third-order valence-electron chi connectivity index (χ3n) is 4.82. The van der Waals surface area contributed by atoms with Crippen LogP contribution in [0.5, 0.6) is 5.75 Å². The van der Waals surface area contributed by atoms with E-state index < -0.39 is 36.1 Å². The molecule has 1 amide bonds. The number of rotatable bonds is 5. The first-order valence-electron chi connectivity index (χ1n) is 9.56. The Morgan fingerprint density at radius 3 is 2.71 bits per heavy atom. The molecule has 2 aromatic carbocycles. The van der Waals surface area contributed by atoms with E-state index in [0.717, 1.165) is 12.1 Å². The first-order valence-corrected chi connectivity index (χ1v) is 9.56. The van der Waals surface area contributed by atoms with Crippen LogP contribution in [0.15, 0.2) is 54.9 Å². The monoisotopic (exact) mass is 429 g/mol. The molecule has 3 aromatic rings. The number of benzene rings is 2. The Hall–Kier alpha value is -3.46. The zero-order valence-electron chi connectivity index (χ0n) is 16.3. The number of carbonyl (C=O) groups is 1. The van der Waals surface area contributed by atoms with Crippen molar-refractivity contribution in [2.75, 3.05) is 26.3 Å². The van der Waals surface area contributed by atoms with Crippen molar-refractivity contribution in [2.45, 2.75) is 6.10 Å². The molecule has 0 radical (unpaired) electrons. The maximum atomic E-state index is 14.3. The number of morpholine rings is 1. The van der Waals surface area contributed by atoms with Gasteiger partial charge in [0.1, 0.15) is 17.7 Å². The molecule has 0 N–H and O–H groups in total. The molecule has 1 aliphatic heterocycles. The first kappa shape index (κ1) is 20.8. The highest BCUT2D eigenvalue weighted by molar-refractivity contribution is 5.78. The molecule has 1 aromatic heterocycles. The molecule has 0 saturated carbocycles. The number of ether oxygens (including phenoxy) is 2. The van der Waals surface area contributed by atoms with Crippen LogP contribution in [0.25, 0.3) is 11.3 Å². The molecule has 0 bridgehead atoms. The third kappa shape index (κ3) is 4.66. The molecule has 1 fully saturated rings. The van der Waals surface area contributed by atoms with Crippen LogP contribution in [0.4, 0.5) is 13.2 Å². The van der Waals surface area contributed by atoms with Crippen molar-refractivity contribution in [1.82, 2.24) is 14.9 Å². The number of carbonyl (C=O) groups excluding carboxylic acids is 1. The van der Waals surface area contributed by atoms with Crippen molar-refractivity contribution >= 4 is 5.91 Å². The molecule has 9 heteroatoms. The van der Waals surface area contributed by atoms with E-state index in [2.05, 4.69) is 9.97 Å². The van der Waals surface area contributed by atoms with Gasteiger partial charge in [-0.05, 0) is 24.3 Å². The van der Waals surface area contributed by atoms with Gasteiger partial charge in [0.05, 0.1) is 24.5 Å². The van der Waals surface area contributed by atoms with Crippen LogP contribution in [0, 0.1) is 17.5 Å². The Balaban J connectivity index is 1.48. The van der Waals surface area contributed by atoms with Crippen molar-refractivity contribution < 1.29 is 27.4 Å². The number of hydrogen-bond donors (Lipinski definition) is 0. The Morgan fingerprint density at radius 1 is 1.10 bits per heavy atom. The number of hydrogen-bond acceptors (Lipinski definition) is 5. The van der Waals surface area contributed by atoms with Crippen LogP contribution < -0.4 is 4.74 Å². The summed E-state index contributed by atoms with van der Waals surface area (Å²) in [4.78, 5) is 22.7. The summed E-state index contributed by atoms with van der Waals surface area (Å²) < 4.78 is 52.0. The summed E-state index contributed by atoms with van der Waals surface area (Å²) in [7, 11) is 0. The highest BCUT2D eigenvalue weighted by atomic mass is 19.1. The normalized spacial score (nSPS) is 16.2. The Morgan fingerprint density at radius 2 is 1.90 bits per heavy atom. The summed E-state index contributed by atoms with van der Waals surface area (Å²) in [6.45, 7) is 0.263. The molecule has 0 aliphatic carbocycles. The third-order valence-corrected chi connectivity index (χ3v) is 4.82. The van der Waals surface area contributed by atoms with Gasteiger partial charge in [0.2, 0.25) is 0 Å². The van der Waals surface area contributed by atoms with Gasteiger partial charge in [-0.15, -0.1) is 0 Å². The van der Waals surface area contributed by atoms with E-state index in [9.17, 15) is 18.0 Å². The molecular weight excluding hydrogens is 411 g/mol. The molecule has 1 unspecified atom stereocenters. The molecule has 160 valence electrons. The predicted octanol–water partition coefficient (Wildman–Crippen LogP) is 3.54. The zero-order valence-corrected chi connectivity index (χ0v) is 16.3. The van der Waals surface area contributed by atoms with E-state index >= 15 is 0 Å². The lowest BCUT2D eigenvalue weighted by molar-refractivity contribution is -0.141. The number of amides is 1. The summed E-state index contributed by atoms with van der Waals surface area (Å²) in [5.41, 5.74) is 1.04. The maximum absolute atomic E-state index is 14.3. The Bertz CT molecular complexity index is 1100. The summed E-state index contributed by atoms with van der Waals surface area (Å²) in [6, 6.07) is 9.06. The number of nitrogens with zero attached hydrogens (tertiary/aromatic N) is 3. The largest absolute Gasteiger partial charge is 0.481 e. The van der Waals surface area contributed by atoms with Gasteiger partial charge in [-0.1, -0.05) is 12.1 Å². The van der Waals surface area contributed by atoms with Gasteiger partial charge < -0.3 is 14.4 Å². The van der Waals surface area contributed by atoms with E-state index in [4.69, 9.17) is 9.47 Å². The van der Waals surface area contributed by atoms with Crippen LogP contribution in [0.2, 0.25) is 0 Å². The van der Waals surface area contributed by atoms with Crippen LogP contribution in [0.3, 0.4) is 0 Å². The zero-order chi connectivity index (χ0) is 21.8. The maximum Gasteiger partial charge on any atom is 0.260 e. The lowest BCUT2D eigenvalue weighted by atomic mass is 10.0. The summed E-state index contributed by atoms with van der Waals surface area (Å²) in [6.07, 6.45) is 2.32. The van der Waals surface area contributed by atoms with Crippen LogP contribution in [0.1, 0.15) is 11.8 Å². The van der Waals surface area contributed by atoms with Gasteiger partial charge >= 0.3 is 0 Å². The smallest absolute Gasteiger partial charge is 0.260 e. The lowest BCUT2D eigenvalue weighted by Crippen LogP contribution is -2.44. The van der Waals surface area contributed by atoms with Crippen molar-refractivity contribution in [3.05, 3.63) is 78.0 Å². The highest BCUT2D eigenvalue weighted by Gasteiger charge is 2.29. The Labute approximate surface area is 176 Å². The van der Waals surface area contributed by atoms with Crippen LogP contribution in [-0.2, 0) is 9.53 Å². The minimum Gasteiger partial charge on any atom is -0.481 e. The number of halogens is 3. The molecule has 1 aliphatic rings. The topological polar surface area (TPSA) is 64.5 Å². The predicted molar refractivity (Wildman–Crippen MR) is 105 cm³/mol. The fourth-order valence-electron chi connectivity index (χ4n) is 3.31. The fraction of sp³-hybridized carbons (Fsp3) is 0.227. The second-order valence-corrected chi connectivity index (χ2v) is 6.83. The average molecular weight is 429 g/mol. The fourth-order valence-corrected chi connectivity index (χ4v) is 3.31. The average Bonchev–Trinajstić information content (AvgIpc) is 2.79. The lowest BCUT2D eigenvalue weighted by Gasteiger charge is -2.33. The van der Waals surface area contributed by atoms with E-state index in [1.807, 2.05) is 0 Å². The summed E-state index contributed by atoms with van der Waals surface area (Å²) >= 11 is 0. The molecule has 1 saturated heterocycles. The van der Waals surface area contributed by atoms with Gasteiger partial charge in [0.15, 0.2) is 18.2 Å². The van der Waals surface area contributed by atoms with Crippen molar-refractivity contribution in [1.29, 1.82) is 0 Å². The van der Waals surface area contributed by atoms with Gasteiger partial charge in [-0.25, -0.2) is 13.2 Å². The molecular formula is C22H18F3N3O3. The van der Waals surface area contributed by atoms with Gasteiger partial charge in [0, 0.05) is 30.6 Å². The Kier molecular flexibility index (Phi) is 6.13. The van der Waals surface area contributed by atoms with Crippen molar-refractivity contribution in [3.63, 3.8) is 0 Å². The highest BCUT2D eigenvalue weighted by Crippen LogP contribution is 2.30. The molecule has 0 spiro atoms. The second-order valence-electron chi connectivity index (χ2n) is 6.83. The molecule has 6 nitrogen and oxygen atoms in total. The molecule has 2 heterocycles. The van der Waals surface area contributed by atoms with Gasteiger partial charge in [-0.3, -0.25) is 14.8 Å². The van der Waals surface area contributed by atoms with Gasteiger partial charge in [-0.2, -0.15) is 0 Å². The number of aromatic nitrogens is 2. The minimum absolute atomic E-state index is 0.147. The first-order chi connectivity index (χ1) is 15.0. The summed E-state index contributed by atoms with van der Waals surface area (Å²) in [5.74, 6) is -2.67. The summed E-state index contributed by atoms with van der Waals surface area (Å²) in [5, 5.41) is 0. The van der Waals surface area contributed by atoms with Crippen molar-refractivity contribution in [3.8, 4) is 17.0 Å². The van der Waals surface area contributed by atoms with Gasteiger partial charge in [0.25, 0.3) is 5.91 Å². The van der Waals surface area contributed by atoms with Crippen LogP contribution >= 0.6 is 0 Å². The van der Waals surface area contributed by atoms with Crippen molar-refractivity contribution in [2.24, 2.45) is 0 Å². The van der Waals surface area contributed by atoms with E-state index in [1.54, 1.807) is 18.2 Å². The van der Waals surface area contributed by atoms with E-state index in [-0.39, 0.29) is 24.5 Å². The molecule has 1 atom stereocenters. The van der Waals surface area contributed by atoms with Crippen LogP contribution in [-0.4, -0.2) is 47.1 Å².